The van der Waals surface area contributed by atoms with Crippen LogP contribution in [0, 0.1) is 6.92 Å². The van der Waals surface area contributed by atoms with Gasteiger partial charge in [-0.2, -0.15) is 0 Å². The quantitative estimate of drug-likeness (QED) is 0.832. The lowest BCUT2D eigenvalue weighted by Gasteiger charge is -2.39. The number of benzene rings is 1. The van der Waals surface area contributed by atoms with Gasteiger partial charge in [-0.3, -0.25) is 9.69 Å². The third-order valence-electron chi connectivity index (χ3n) is 4.43. The summed E-state index contributed by atoms with van der Waals surface area (Å²) in [7, 11) is 2.09. The molecule has 0 bridgehead atoms. The van der Waals surface area contributed by atoms with Crippen LogP contribution in [0.25, 0.3) is 0 Å². The molecule has 1 amide bonds. The molecule has 128 valence electrons. The summed E-state index contributed by atoms with van der Waals surface area (Å²) in [6.45, 7) is 5.71. The van der Waals surface area contributed by atoms with Gasteiger partial charge in [0.25, 0.3) is 0 Å². The zero-order chi connectivity index (χ0) is 16.8. The van der Waals surface area contributed by atoms with Crippen molar-refractivity contribution in [2.75, 3.05) is 45.2 Å². The molecule has 1 aromatic carbocycles. The number of carbonyl (C=O) groups excluding carboxylic acids is 1. The number of hydrogen-bond acceptors (Lipinski definition) is 4. The number of hydrogen-bond donors (Lipinski definition) is 2. The third-order valence-corrected chi connectivity index (χ3v) is 4.84. The lowest BCUT2D eigenvalue weighted by atomic mass is 10.1. The Hall–Kier alpha value is -1.14. The molecular formula is C17H26ClN3O2. The number of nitrogens with zero attached hydrogens (tertiary/aromatic N) is 2. The number of amides is 1. The van der Waals surface area contributed by atoms with Gasteiger partial charge in [0.05, 0.1) is 0 Å². The highest BCUT2D eigenvalue weighted by atomic mass is 35.5. The standard InChI is InChI=1S/C17H26ClN3O2/c1-13-3-4-14(11-16(13)18)19-17(23)5-7-21-9-8-20(2)15(12-21)6-10-22/h3-4,11,15,22H,5-10,12H2,1-2H3,(H,19,23)/t15-/m1/s1. The fourth-order valence-corrected chi connectivity index (χ4v) is 3.01. The number of anilines is 1. The van der Waals surface area contributed by atoms with Gasteiger partial charge >= 0.3 is 0 Å². The van der Waals surface area contributed by atoms with Crippen molar-refractivity contribution in [2.45, 2.75) is 25.8 Å². The van der Waals surface area contributed by atoms with Gasteiger partial charge < -0.3 is 15.3 Å². The Morgan fingerprint density at radius 1 is 1.43 bits per heavy atom. The zero-order valence-corrected chi connectivity index (χ0v) is 14.6. The molecular weight excluding hydrogens is 314 g/mol. The maximum Gasteiger partial charge on any atom is 0.225 e. The fourth-order valence-electron chi connectivity index (χ4n) is 2.83. The van der Waals surface area contributed by atoms with Crippen molar-refractivity contribution in [3.05, 3.63) is 28.8 Å². The number of aliphatic hydroxyl groups excluding tert-OH is 1. The van der Waals surface area contributed by atoms with Crippen molar-refractivity contribution in [1.29, 1.82) is 0 Å². The molecule has 0 aromatic heterocycles. The Labute approximate surface area is 143 Å². The third kappa shape index (κ3) is 5.46. The molecule has 1 aliphatic heterocycles. The van der Waals surface area contributed by atoms with Gasteiger partial charge in [0, 0.05) is 56.0 Å². The van der Waals surface area contributed by atoms with Crippen molar-refractivity contribution in [3.8, 4) is 0 Å². The van der Waals surface area contributed by atoms with E-state index in [2.05, 4.69) is 22.2 Å². The Balaban J connectivity index is 1.78. The van der Waals surface area contributed by atoms with E-state index in [1.807, 2.05) is 19.1 Å². The van der Waals surface area contributed by atoms with E-state index in [-0.39, 0.29) is 12.5 Å². The first-order valence-corrected chi connectivity index (χ1v) is 8.47. The smallest absolute Gasteiger partial charge is 0.225 e. The molecule has 0 unspecified atom stereocenters. The molecule has 0 aliphatic carbocycles. The first-order chi connectivity index (χ1) is 11.0. The van der Waals surface area contributed by atoms with E-state index in [9.17, 15) is 4.79 Å². The Morgan fingerprint density at radius 2 is 2.22 bits per heavy atom. The molecule has 0 radical (unpaired) electrons. The van der Waals surface area contributed by atoms with Crippen LogP contribution in [0.15, 0.2) is 18.2 Å². The van der Waals surface area contributed by atoms with Gasteiger partial charge in [-0.25, -0.2) is 0 Å². The van der Waals surface area contributed by atoms with Crippen LogP contribution in [0.3, 0.4) is 0 Å². The fraction of sp³-hybridized carbons (Fsp3) is 0.588. The summed E-state index contributed by atoms with van der Waals surface area (Å²) in [5.74, 6) is 0.00237. The molecule has 1 aromatic rings. The monoisotopic (exact) mass is 339 g/mol. The molecule has 2 rings (SSSR count). The summed E-state index contributed by atoms with van der Waals surface area (Å²) in [5.41, 5.74) is 1.74. The van der Waals surface area contributed by atoms with Crippen LogP contribution >= 0.6 is 11.6 Å². The van der Waals surface area contributed by atoms with Crippen molar-refractivity contribution in [3.63, 3.8) is 0 Å². The molecule has 6 heteroatoms. The highest BCUT2D eigenvalue weighted by Crippen LogP contribution is 2.20. The lowest BCUT2D eigenvalue weighted by molar-refractivity contribution is -0.116. The molecule has 23 heavy (non-hydrogen) atoms. The largest absolute Gasteiger partial charge is 0.396 e. The van der Waals surface area contributed by atoms with Crippen LogP contribution in [0.5, 0.6) is 0 Å². The molecule has 1 aliphatic rings. The summed E-state index contributed by atoms with van der Waals surface area (Å²) >= 11 is 6.07. The summed E-state index contributed by atoms with van der Waals surface area (Å²) in [6, 6.07) is 5.92. The van der Waals surface area contributed by atoms with Crippen molar-refractivity contribution in [2.24, 2.45) is 0 Å². The number of rotatable bonds is 6. The molecule has 2 N–H and O–H groups in total. The summed E-state index contributed by atoms with van der Waals surface area (Å²) in [6.07, 6.45) is 1.24. The van der Waals surface area contributed by atoms with E-state index in [4.69, 9.17) is 16.7 Å². The highest BCUT2D eigenvalue weighted by molar-refractivity contribution is 6.31. The van der Waals surface area contributed by atoms with Gasteiger partial charge in [0.1, 0.15) is 0 Å². The van der Waals surface area contributed by atoms with E-state index >= 15 is 0 Å². The predicted molar refractivity (Wildman–Crippen MR) is 94.0 cm³/mol. The minimum atomic E-state index is 0.00237. The Kier molecular flexibility index (Phi) is 6.84. The lowest BCUT2D eigenvalue weighted by Crippen LogP contribution is -2.52. The minimum Gasteiger partial charge on any atom is -0.396 e. The minimum absolute atomic E-state index is 0.00237. The number of likely N-dealkylation sites (N-methyl/N-ethyl adjacent to an activating group) is 1. The first-order valence-electron chi connectivity index (χ1n) is 8.09. The second-order valence-electron chi connectivity index (χ2n) is 6.21. The SMILES string of the molecule is Cc1ccc(NC(=O)CCN2CCN(C)[C@H](CCO)C2)cc1Cl. The van der Waals surface area contributed by atoms with Crippen molar-refractivity contribution in [1.82, 2.24) is 9.80 Å². The van der Waals surface area contributed by atoms with Gasteiger partial charge in [0.15, 0.2) is 0 Å². The number of nitrogens with one attached hydrogen (secondary N) is 1. The van der Waals surface area contributed by atoms with Gasteiger partial charge in [-0.1, -0.05) is 17.7 Å². The van der Waals surface area contributed by atoms with Crippen LogP contribution in [-0.4, -0.2) is 66.7 Å². The number of halogens is 1. The highest BCUT2D eigenvalue weighted by Gasteiger charge is 2.23. The second kappa shape index (κ2) is 8.64. The first kappa shape index (κ1) is 18.2. The average molecular weight is 340 g/mol. The van der Waals surface area contributed by atoms with E-state index in [0.29, 0.717) is 17.5 Å². The second-order valence-corrected chi connectivity index (χ2v) is 6.62. The summed E-state index contributed by atoms with van der Waals surface area (Å²) in [5, 5.41) is 12.7. The Morgan fingerprint density at radius 3 is 2.91 bits per heavy atom. The molecule has 0 spiro atoms. The molecule has 0 saturated carbocycles. The van der Waals surface area contributed by atoms with Crippen LogP contribution in [0.2, 0.25) is 5.02 Å². The van der Waals surface area contributed by atoms with E-state index in [1.165, 1.54) is 0 Å². The number of piperazine rings is 1. The summed E-state index contributed by atoms with van der Waals surface area (Å²) < 4.78 is 0. The Bertz CT molecular complexity index is 539. The van der Waals surface area contributed by atoms with Gasteiger partial charge in [-0.15, -0.1) is 0 Å². The zero-order valence-electron chi connectivity index (χ0n) is 13.9. The van der Waals surface area contributed by atoms with Crippen LogP contribution in [-0.2, 0) is 4.79 Å². The van der Waals surface area contributed by atoms with Gasteiger partial charge in [-0.05, 0) is 38.1 Å². The topological polar surface area (TPSA) is 55.8 Å². The predicted octanol–water partition coefficient (Wildman–Crippen LogP) is 1.98. The van der Waals surface area contributed by atoms with Crippen LogP contribution in [0.1, 0.15) is 18.4 Å². The molecule has 1 saturated heterocycles. The van der Waals surface area contributed by atoms with E-state index < -0.39 is 0 Å². The van der Waals surface area contributed by atoms with Crippen molar-refractivity contribution >= 4 is 23.2 Å². The maximum absolute atomic E-state index is 12.1. The number of aryl methyl sites for hydroxylation is 1. The maximum atomic E-state index is 12.1. The average Bonchev–Trinajstić information content (AvgIpc) is 2.52. The van der Waals surface area contributed by atoms with E-state index in [0.717, 1.165) is 43.9 Å². The molecule has 1 atom stereocenters. The normalized spacial score (nSPS) is 19.7. The number of carbonyl (C=O) groups is 1. The van der Waals surface area contributed by atoms with Crippen LogP contribution < -0.4 is 5.32 Å². The summed E-state index contributed by atoms with van der Waals surface area (Å²) in [4.78, 5) is 16.7. The molecule has 1 fully saturated rings. The van der Waals surface area contributed by atoms with Crippen LogP contribution in [0.4, 0.5) is 5.69 Å². The van der Waals surface area contributed by atoms with Crippen molar-refractivity contribution < 1.29 is 9.90 Å². The molecule has 1 heterocycles. The number of aliphatic hydroxyl groups is 1. The van der Waals surface area contributed by atoms with E-state index in [1.54, 1.807) is 6.07 Å². The van der Waals surface area contributed by atoms with Gasteiger partial charge in [0.2, 0.25) is 5.91 Å². The molecule has 5 nitrogen and oxygen atoms in total.